The highest BCUT2D eigenvalue weighted by Gasteiger charge is 2.23. The van der Waals surface area contributed by atoms with Crippen molar-refractivity contribution >= 4 is 44.4 Å². The van der Waals surface area contributed by atoms with E-state index in [1.54, 1.807) is 0 Å². The van der Waals surface area contributed by atoms with Crippen LogP contribution >= 0.6 is 0 Å². The highest BCUT2D eigenvalue weighted by atomic mass is 16.4. The van der Waals surface area contributed by atoms with Crippen molar-refractivity contribution in [2.24, 2.45) is 0 Å². The minimum atomic E-state index is 0.478. The van der Waals surface area contributed by atoms with Crippen LogP contribution < -0.4 is 0 Å². The molecule has 0 radical (unpaired) electrons. The molecule has 8 heteroatoms. The van der Waals surface area contributed by atoms with Gasteiger partial charge in [-0.05, 0) is 96.1 Å². The van der Waals surface area contributed by atoms with E-state index in [0.717, 1.165) is 55.4 Å². The summed E-state index contributed by atoms with van der Waals surface area (Å²) < 4.78 is 25.1. The first-order valence-corrected chi connectivity index (χ1v) is 15.5. The summed E-state index contributed by atoms with van der Waals surface area (Å²) in [5.41, 5.74) is 10.7. The summed E-state index contributed by atoms with van der Waals surface area (Å²) in [4.78, 5) is 19.3. The number of benzene rings is 6. The Bertz CT molecular complexity index is 2500. The normalized spacial score (nSPS) is 11.8. The van der Waals surface area contributed by atoms with E-state index in [-0.39, 0.29) is 0 Å². The number of nitrogens with zero attached hydrogens (tertiary/aromatic N) is 4. The standard InChI is InChI=1S/C40H22N4O4/c1-5-13-33-29(9-1)41-37(45-33)23-17-19-25(39-43-31-11-3-7-15-35(31)47-39)27(21-23)28-22-24(38-42-30-10-2-6-14-34(30)46-38)18-20-26(28)40-44-32-12-4-8-16-36(32)48-40/h1-22H. The highest BCUT2D eigenvalue weighted by molar-refractivity contribution is 5.94. The predicted molar refractivity (Wildman–Crippen MR) is 184 cm³/mol. The van der Waals surface area contributed by atoms with Crippen LogP contribution in [0.4, 0.5) is 0 Å². The van der Waals surface area contributed by atoms with E-state index in [2.05, 4.69) is 0 Å². The maximum atomic E-state index is 6.34. The lowest BCUT2D eigenvalue weighted by molar-refractivity contribution is 0.617. The Morgan fingerprint density at radius 2 is 0.604 bits per heavy atom. The van der Waals surface area contributed by atoms with E-state index in [4.69, 9.17) is 37.6 Å². The third-order valence-electron chi connectivity index (χ3n) is 8.46. The van der Waals surface area contributed by atoms with E-state index in [1.807, 2.05) is 133 Å². The Kier molecular flexibility index (Phi) is 5.71. The number of rotatable bonds is 5. The first kappa shape index (κ1) is 26.4. The summed E-state index contributed by atoms with van der Waals surface area (Å²) in [6, 6.07) is 42.9. The van der Waals surface area contributed by atoms with Gasteiger partial charge in [-0.2, -0.15) is 0 Å². The summed E-state index contributed by atoms with van der Waals surface area (Å²) in [5.74, 6) is 1.96. The summed E-state index contributed by atoms with van der Waals surface area (Å²) in [6.45, 7) is 0. The Morgan fingerprint density at radius 3 is 0.958 bits per heavy atom. The average Bonchev–Trinajstić information content (AvgIpc) is 3.94. The molecule has 4 heterocycles. The fourth-order valence-electron chi connectivity index (χ4n) is 6.14. The molecule has 4 aromatic heterocycles. The largest absolute Gasteiger partial charge is 0.436 e. The summed E-state index contributed by atoms with van der Waals surface area (Å²) in [7, 11) is 0. The number of para-hydroxylation sites is 8. The molecule has 0 fully saturated rings. The second-order valence-corrected chi connectivity index (χ2v) is 11.5. The van der Waals surface area contributed by atoms with Gasteiger partial charge < -0.3 is 17.7 Å². The van der Waals surface area contributed by atoms with Crippen molar-refractivity contribution in [2.75, 3.05) is 0 Å². The van der Waals surface area contributed by atoms with Gasteiger partial charge in [0.05, 0.1) is 0 Å². The molecule has 0 aliphatic carbocycles. The van der Waals surface area contributed by atoms with Crippen LogP contribution in [0.2, 0.25) is 0 Å². The molecule has 8 nitrogen and oxygen atoms in total. The highest BCUT2D eigenvalue weighted by Crippen LogP contribution is 2.43. The molecular formula is C40H22N4O4. The molecule has 48 heavy (non-hydrogen) atoms. The van der Waals surface area contributed by atoms with Crippen LogP contribution in [0.1, 0.15) is 0 Å². The molecule has 0 aliphatic heterocycles. The first-order valence-electron chi connectivity index (χ1n) is 15.5. The molecule has 0 aliphatic rings. The van der Waals surface area contributed by atoms with Crippen LogP contribution in [0.3, 0.4) is 0 Å². The third-order valence-corrected chi connectivity index (χ3v) is 8.46. The van der Waals surface area contributed by atoms with Gasteiger partial charge in [0.1, 0.15) is 22.1 Å². The van der Waals surface area contributed by atoms with Crippen molar-refractivity contribution in [1.29, 1.82) is 0 Å². The molecule has 10 aromatic rings. The maximum absolute atomic E-state index is 6.34. The van der Waals surface area contributed by atoms with E-state index >= 15 is 0 Å². The number of hydrogen-bond acceptors (Lipinski definition) is 8. The lowest BCUT2D eigenvalue weighted by atomic mass is 9.91. The second kappa shape index (κ2) is 10.4. The SMILES string of the molecule is c1ccc2oc(-c3ccc(-c4nc5ccccc5o4)c(-c4cc(-c5nc6ccccc6o5)ccc4-c4nc5ccccc5o4)c3)nc2c1. The van der Waals surface area contributed by atoms with Gasteiger partial charge >= 0.3 is 0 Å². The topological polar surface area (TPSA) is 104 Å². The molecule has 0 saturated carbocycles. The smallest absolute Gasteiger partial charge is 0.227 e. The molecule has 0 unspecified atom stereocenters. The Hall–Kier alpha value is -6.80. The van der Waals surface area contributed by atoms with Gasteiger partial charge in [-0.15, -0.1) is 0 Å². The van der Waals surface area contributed by atoms with E-state index in [1.165, 1.54) is 0 Å². The molecule has 0 saturated heterocycles. The van der Waals surface area contributed by atoms with Crippen LogP contribution in [0.5, 0.6) is 0 Å². The van der Waals surface area contributed by atoms with Crippen LogP contribution in [0.15, 0.2) is 151 Å². The maximum Gasteiger partial charge on any atom is 0.227 e. The lowest BCUT2D eigenvalue weighted by Gasteiger charge is -2.13. The van der Waals surface area contributed by atoms with Crippen molar-refractivity contribution in [3.05, 3.63) is 133 Å². The lowest BCUT2D eigenvalue weighted by Crippen LogP contribution is -1.93. The molecular weight excluding hydrogens is 600 g/mol. The Labute approximate surface area is 271 Å². The predicted octanol–water partition coefficient (Wildman–Crippen LogP) is 10.6. The molecule has 226 valence electrons. The average molecular weight is 623 g/mol. The van der Waals surface area contributed by atoms with Crippen LogP contribution in [0.25, 0.3) is 101 Å². The van der Waals surface area contributed by atoms with Crippen molar-refractivity contribution in [3.63, 3.8) is 0 Å². The summed E-state index contributed by atoms with van der Waals surface area (Å²) in [6.07, 6.45) is 0. The molecule has 6 aromatic carbocycles. The van der Waals surface area contributed by atoms with Gasteiger partial charge in [0.15, 0.2) is 22.3 Å². The monoisotopic (exact) mass is 622 g/mol. The zero-order valence-corrected chi connectivity index (χ0v) is 25.1. The molecule has 0 atom stereocenters. The van der Waals surface area contributed by atoms with E-state index in [0.29, 0.717) is 45.9 Å². The van der Waals surface area contributed by atoms with Crippen LogP contribution in [-0.4, -0.2) is 19.9 Å². The second-order valence-electron chi connectivity index (χ2n) is 11.5. The number of fused-ring (bicyclic) bond motifs is 4. The van der Waals surface area contributed by atoms with Crippen molar-refractivity contribution in [1.82, 2.24) is 19.9 Å². The number of aromatic nitrogens is 4. The van der Waals surface area contributed by atoms with Crippen LogP contribution in [0, 0.1) is 0 Å². The number of oxazole rings is 4. The minimum absolute atomic E-state index is 0.478. The Morgan fingerprint density at radius 1 is 0.292 bits per heavy atom. The number of hydrogen-bond donors (Lipinski definition) is 0. The van der Waals surface area contributed by atoms with Crippen molar-refractivity contribution < 1.29 is 17.7 Å². The summed E-state index contributed by atoms with van der Waals surface area (Å²) in [5, 5.41) is 0. The van der Waals surface area contributed by atoms with Crippen LogP contribution in [-0.2, 0) is 0 Å². The zero-order valence-electron chi connectivity index (χ0n) is 25.1. The molecule has 10 rings (SSSR count). The van der Waals surface area contributed by atoms with Crippen molar-refractivity contribution in [3.8, 4) is 56.9 Å². The quantitative estimate of drug-likeness (QED) is 0.187. The van der Waals surface area contributed by atoms with Gasteiger partial charge in [0.2, 0.25) is 23.6 Å². The molecule has 0 spiro atoms. The minimum Gasteiger partial charge on any atom is -0.436 e. The van der Waals surface area contributed by atoms with Gasteiger partial charge in [-0.1, -0.05) is 48.5 Å². The van der Waals surface area contributed by atoms with E-state index < -0.39 is 0 Å². The Balaban J connectivity index is 1.25. The first-order chi connectivity index (χ1) is 23.7. The van der Waals surface area contributed by atoms with Crippen molar-refractivity contribution in [2.45, 2.75) is 0 Å². The van der Waals surface area contributed by atoms with E-state index in [9.17, 15) is 0 Å². The summed E-state index contributed by atoms with van der Waals surface area (Å²) >= 11 is 0. The molecule has 0 bridgehead atoms. The van der Waals surface area contributed by atoms with Gasteiger partial charge in [-0.3, -0.25) is 0 Å². The van der Waals surface area contributed by atoms with Gasteiger partial charge in [0.25, 0.3) is 0 Å². The molecule has 0 N–H and O–H groups in total. The zero-order chi connectivity index (χ0) is 31.6. The third kappa shape index (κ3) is 4.31. The van der Waals surface area contributed by atoms with Gasteiger partial charge in [0, 0.05) is 22.3 Å². The fraction of sp³-hybridized carbons (Fsp3) is 0. The fourth-order valence-corrected chi connectivity index (χ4v) is 6.14. The van der Waals surface area contributed by atoms with Gasteiger partial charge in [-0.25, -0.2) is 19.9 Å². The molecule has 0 amide bonds.